The minimum atomic E-state index is -0.479. The zero-order valence-electron chi connectivity index (χ0n) is 33.3. The fraction of sp³-hybridized carbons (Fsp3) is 0.316. The zero-order chi connectivity index (χ0) is 36.7. The van der Waals surface area contributed by atoms with E-state index < -0.39 is 11.8 Å². The van der Waals surface area contributed by atoms with Gasteiger partial charge in [-0.05, 0) is 72.8 Å². The van der Waals surface area contributed by atoms with Crippen molar-refractivity contribution in [3.63, 3.8) is 0 Å². The number of carbonyl (C=O) groups excluding carboxylic acids is 4. The number of hydrogen-bond donors (Lipinski definition) is 4. The Kier molecular flexibility index (Phi) is 36.1. The highest BCUT2D eigenvalue weighted by Crippen LogP contribution is 2.15. The molecule has 0 saturated carbocycles. The maximum absolute atomic E-state index is 12.1. The molecule has 2 aromatic carbocycles. The number of nitrogens with two attached hydrogens (primary N) is 2. The van der Waals surface area contributed by atoms with Gasteiger partial charge in [0.1, 0.15) is 11.6 Å². The van der Waals surface area contributed by atoms with Gasteiger partial charge in [-0.15, -0.1) is 49.6 Å². The highest BCUT2D eigenvalue weighted by molar-refractivity contribution is 5.95. The van der Waals surface area contributed by atoms with Crippen molar-refractivity contribution in [1.29, 1.82) is 0 Å². The summed E-state index contributed by atoms with van der Waals surface area (Å²) in [4.78, 5) is 64.2. The zero-order valence-corrected chi connectivity index (χ0v) is 36.6. The summed E-state index contributed by atoms with van der Waals surface area (Å²) in [6.45, 7) is 8.74. The van der Waals surface area contributed by atoms with Crippen molar-refractivity contribution in [3.05, 3.63) is 108 Å². The molecule has 0 bridgehead atoms. The first-order valence-corrected chi connectivity index (χ1v) is 17.4. The van der Waals surface area contributed by atoms with Crippen LogP contribution in [0.1, 0.15) is 33.6 Å². The predicted molar refractivity (Wildman–Crippen MR) is 249 cm³/mol. The van der Waals surface area contributed by atoms with E-state index in [0.717, 1.165) is 77.1 Å². The van der Waals surface area contributed by atoms with E-state index in [-0.39, 0.29) is 88.8 Å². The van der Waals surface area contributed by atoms with Gasteiger partial charge in [-0.2, -0.15) is 0 Å². The summed E-state index contributed by atoms with van der Waals surface area (Å²) >= 11 is 0. The van der Waals surface area contributed by atoms with Crippen molar-refractivity contribution in [2.24, 2.45) is 11.5 Å². The van der Waals surface area contributed by atoms with Gasteiger partial charge in [0.25, 0.3) is 0 Å². The molecule has 6 rings (SSSR count). The van der Waals surface area contributed by atoms with Crippen LogP contribution in [-0.2, 0) is 9.59 Å². The molecule has 16 N–H and O–H groups in total. The van der Waals surface area contributed by atoms with E-state index in [2.05, 4.69) is 40.2 Å². The van der Waals surface area contributed by atoms with Gasteiger partial charge in [-0.3, -0.25) is 29.0 Å². The molecular formula is C38H60Cl4N10O9. The summed E-state index contributed by atoms with van der Waals surface area (Å²) in [5.41, 5.74) is 12.6. The van der Waals surface area contributed by atoms with Crippen LogP contribution in [0, 0.1) is 0 Å². The van der Waals surface area contributed by atoms with Gasteiger partial charge in [-0.1, -0.05) is 12.1 Å². The van der Waals surface area contributed by atoms with Crippen LogP contribution in [0.4, 0.5) is 23.0 Å². The summed E-state index contributed by atoms with van der Waals surface area (Å²) in [5, 5.41) is 5.69. The Bertz CT molecular complexity index is 1650. The fourth-order valence-corrected chi connectivity index (χ4v) is 5.88. The second-order valence-corrected chi connectivity index (χ2v) is 12.5. The molecule has 61 heavy (non-hydrogen) atoms. The highest BCUT2D eigenvalue weighted by Gasteiger charge is 2.20. The Morgan fingerprint density at radius 1 is 0.475 bits per heavy atom. The van der Waals surface area contributed by atoms with Gasteiger partial charge in [0.05, 0.1) is 0 Å². The van der Waals surface area contributed by atoms with Crippen LogP contribution in [0.2, 0.25) is 0 Å². The third kappa shape index (κ3) is 21.5. The lowest BCUT2D eigenvalue weighted by Crippen LogP contribution is -2.47. The Labute approximate surface area is 379 Å². The number of halogens is 4. The van der Waals surface area contributed by atoms with Crippen LogP contribution in [0.25, 0.3) is 0 Å². The van der Waals surface area contributed by atoms with Gasteiger partial charge < -0.3 is 59.3 Å². The molecule has 0 atom stereocenters. The quantitative estimate of drug-likeness (QED) is 0.150. The maximum atomic E-state index is 12.1. The molecule has 2 saturated heterocycles. The molecule has 0 unspecified atom stereocenters. The topological polar surface area (TPSA) is 341 Å². The summed E-state index contributed by atoms with van der Waals surface area (Å²) in [5.74, 6) is 0.974. The number of pyridine rings is 2. The molecule has 4 amide bonds. The average Bonchev–Trinajstić information content (AvgIpc) is 3.18. The van der Waals surface area contributed by atoms with Crippen LogP contribution in [0.15, 0.2) is 97.3 Å². The first-order chi connectivity index (χ1) is 25.2. The number of piperazine rings is 2. The number of carbonyl (C=O) groups is 4. The van der Waals surface area contributed by atoms with Crippen molar-refractivity contribution in [2.45, 2.75) is 12.8 Å². The smallest absolute Gasteiger partial charge is 0.248 e. The standard InChI is InChI=1S/2C19H23N5O2.4ClH.5H2O/c2*20-19(26)15-4-6-16(7-5-15)22-18(25)8-10-23-11-13-24(14-12-23)17-3-1-2-9-21-17;;;;;;;;;/h2*1-7,9H,8,10-14H2,(H2,20,26)(H,22,25);4*1H;5*1H2. The van der Waals surface area contributed by atoms with Crippen LogP contribution in [0.3, 0.4) is 0 Å². The summed E-state index contributed by atoms with van der Waals surface area (Å²) in [6.07, 6.45) is 4.48. The molecule has 0 aliphatic carbocycles. The van der Waals surface area contributed by atoms with Crippen molar-refractivity contribution >= 4 is 96.3 Å². The molecule has 2 fully saturated rings. The molecule has 2 aromatic heterocycles. The average molecular weight is 943 g/mol. The first kappa shape index (κ1) is 65.2. The molecule has 2 aliphatic rings. The van der Waals surface area contributed by atoms with Gasteiger partial charge in [0.15, 0.2) is 0 Å². The monoisotopic (exact) mass is 940 g/mol. The van der Waals surface area contributed by atoms with Crippen molar-refractivity contribution in [1.82, 2.24) is 19.8 Å². The Morgan fingerprint density at radius 2 is 0.787 bits per heavy atom. The van der Waals surface area contributed by atoms with Gasteiger partial charge in [-0.25, -0.2) is 9.97 Å². The van der Waals surface area contributed by atoms with E-state index in [1.54, 1.807) is 48.5 Å². The molecule has 344 valence electrons. The van der Waals surface area contributed by atoms with Crippen LogP contribution >= 0.6 is 49.6 Å². The number of rotatable bonds is 12. The van der Waals surface area contributed by atoms with E-state index in [0.29, 0.717) is 35.3 Å². The number of primary amides is 2. The van der Waals surface area contributed by atoms with Gasteiger partial charge in [0, 0.05) is 113 Å². The predicted octanol–water partition coefficient (Wildman–Crippen LogP) is 0.226. The van der Waals surface area contributed by atoms with E-state index in [9.17, 15) is 19.2 Å². The van der Waals surface area contributed by atoms with Crippen LogP contribution in [-0.4, -0.2) is 136 Å². The summed E-state index contributed by atoms with van der Waals surface area (Å²) < 4.78 is 0. The van der Waals surface area contributed by atoms with Crippen molar-refractivity contribution in [2.75, 3.05) is 85.9 Å². The van der Waals surface area contributed by atoms with E-state index in [1.165, 1.54) is 0 Å². The third-order valence-electron chi connectivity index (χ3n) is 8.91. The van der Waals surface area contributed by atoms with Crippen molar-refractivity contribution < 1.29 is 46.6 Å². The van der Waals surface area contributed by atoms with Gasteiger partial charge in [0.2, 0.25) is 23.6 Å². The lowest BCUT2D eigenvalue weighted by atomic mass is 10.2. The van der Waals surface area contributed by atoms with Gasteiger partial charge >= 0.3 is 0 Å². The molecule has 2 aliphatic heterocycles. The number of nitrogens with one attached hydrogen (secondary N) is 2. The normalized spacial score (nSPS) is 12.7. The van der Waals surface area contributed by atoms with E-state index >= 15 is 0 Å². The Morgan fingerprint density at radius 3 is 1.05 bits per heavy atom. The molecule has 19 nitrogen and oxygen atoms in total. The number of anilines is 4. The second kappa shape index (κ2) is 33.8. The first-order valence-electron chi connectivity index (χ1n) is 17.4. The molecular weight excluding hydrogens is 882 g/mol. The number of aromatic nitrogens is 2. The Balaban J connectivity index is -0.000000299. The largest absolute Gasteiger partial charge is 0.412 e. The molecule has 4 aromatic rings. The maximum Gasteiger partial charge on any atom is 0.248 e. The lowest BCUT2D eigenvalue weighted by molar-refractivity contribution is -0.117. The second-order valence-electron chi connectivity index (χ2n) is 12.5. The lowest BCUT2D eigenvalue weighted by Gasteiger charge is -2.35. The molecule has 0 radical (unpaired) electrons. The third-order valence-corrected chi connectivity index (χ3v) is 8.91. The molecule has 4 heterocycles. The van der Waals surface area contributed by atoms with E-state index in [1.807, 2.05) is 48.8 Å². The summed E-state index contributed by atoms with van der Waals surface area (Å²) in [7, 11) is 0. The molecule has 0 spiro atoms. The number of nitrogens with zero attached hydrogens (tertiary/aromatic N) is 6. The fourth-order valence-electron chi connectivity index (χ4n) is 5.88. The minimum absolute atomic E-state index is 0. The highest BCUT2D eigenvalue weighted by atomic mass is 35.5. The number of amides is 4. The number of benzene rings is 2. The molecule has 23 heteroatoms. The SMILES string of the molecule is Cl.Cl.Cl.Cl.NC(=O)c1ccc(NC(=O)CCN2CCN(c3ccccn3)CC2)cc1.NC(=O)c1ccc(NC(=O)CCN2CCN(c3ccccn3)CC2)cc1.O.O.O.O.O. The van der Waals surface area contributed by atoms with Crippen LogP contribution in [0.5, 0.6) is 0 Å². The Hall–Kier alpha value is -4.90. The van der Waals surface area contributed by atoms with E-state index in [4.69, 9.17) is 11.5 Å². The number of hydrogen-bond acceptors (Lipinski definition) is 10. The minimum Gasteiger partial charge on any atom is -0.412 e. The van der Waals surface area contributed by atoms with Crippen molar-refractivity contribution in [3.8, 4) is 0 Å². The summed E-state index contributed by atoms with van der Waals surface area (Å²) in [6, 6.07) is 25.0. The van der Waals surface area contributed by atoms with Crippen LogP contribution < -0.4 is 31.9 Å².